The summed E-state index contributed by atoms with van der Waals surface area (Å²) in [5.41, 5.74) is 3.73. The van der Waals surface area contributed by atoms with E-state index in [1.807, 2.05) is 0 Å². The number of carbonyl (C=O) groups is 1. The lowest BCUT2D eigenvalue weighted by Gasteiger charge is -2.24. The first-order valence-corrected chi connectivity index (χ1v) is 10.3. The zero-order valence-corrected chi connectivity index (χ0v) is 16.5. The van der Waals surface area contributed by atoms with Gasteiger partial charge in [-0.3, -0.25) is 4.90 Å². The summed E-state index contributed by atoms with van der Waals surface area (Å²) in [5, 5.41) is 17.7. The van der Waals surface area contributed by atoms with Crippen molar-refractivity contribution in [3.8, 4) is 0 Å². The van der Waals surface area contributed by atoms with E-state index in [1.54, 1.807) is 28.7 Å². The zero-order valence-electron chi connectivity index (χ0n) is 14.9. The number of carboxylic acid groups (broad SMARTS) is 1. The van der Waals surface area contributed by atoms with Gasteiger partial charge >= 0.3 is 5.97 Å². The molecule has 2 aromatic rings. The summed E-state index contributed by atoms with van der Waals surface area (Å²) in [7, 11) is 0. The molecule has 3 heterocycles. The average Bonchev–Trinajstić information content (AvgIpc) is 3.24. The molecule has 0 bridgehead atoms. The molecular formula is C19H22N2O3S2. The third-order valence-electron chi connectivity index (χ3n) is 4.31. The molecule has 0 saturated heterocycles. The highest BCUT2D eigenvalue weighted by Crippen LogP contribution is 2.26. The average molecular weight is 391 g/mol. The highest BCUT2D eigenvalue weighted by Gasteiger charge is 2.18. The Balaban J connectivity index is 1.65. The van der Waals surface area contributed by atoms with Gasteiger partial charge in [-0.2, -0.15) is 0 Å². The molecule has 138 valence electrons. The Morgan fingerprint density at radius 1 is 1.23 bits per heavy atom. The first-order chi connectivity index (χ1) is 12.6. The van der Waals surface area contributed by atoms with Crippen LogP contribution in [0.2, 0.25) is 0 Å². The first kappa shape index (κ1) is 18.8. The summed E-state index contributed by atoms with van der Waals surface area (Å²) in [6, 6.07) is 4.18. The van der Waals surface area contributed by atoms with Crippen molar-refractivity contribution in [3.05, 3.63) is 55.4 Å². The van der Waals surface area contributed by atoms with Gasteiger partial charge in [-0.15, -0.1) is 22.7 Å². The van der Waals surface area contributed by atoms with Gasteiger partial charge in [0, 0.05) is 25.2 Å². The first-order valence-electron chi connectivity index (χ1n) is 8.50. The van der Waals surface area contributed by atoms with E-state index in [1.165, 1.54) is 11.1 Å². The largest absolute Gasteiger partial charge is 0.478 e. The Kier molecular flexibility index (Phi) is 6.24. The van der Waals surface area contributed by atoms with Gasteiger partial charge in [0.15, 0.2) is 0 Å². The number of aliphatic carboxylic acids is 1. The van der Waals surface area contributed by atoms with Crippen LogP contribution in [0.15, 0.2) is 39.7 Å². The van der Waals surface area contributed by atoms with Crippen LogP contribution in [0.4, 0.5) is 0 Å². The van der Waals surface area contributed by atoms with Crippen molar-refractivity contribution in [2.75, 3.05) is 26.2 Å². The quantitative estimate of drug-likeness (QED) is 0.442. The van der Waals surface area contributed by atoms with Crippen molar-refractivity contribution in [2.45, 2.75) is 20.3 Å². The number of rotatable bonds is 7. The third-order valence-corrected chi connectivity index (χ3v) is 6.36. The Morgan fingerprint density at radius 2 is 1.88 bits per heavy atom. The maximum atomic E-state index is 11.1. The predicted molar refractivity (Wildman–Crippen MR) is 106 cm³/mol. The smallest absolute Gasteiger partial charge is 0.332 e. The molecule has 0 spiro atoms. The van der Waals surface area contributed by atoms with Crippen molar-refractivity contribution in [1.29, 1.82) is 0 Å². The molecule has 3 rings (SSSR count). The molecule has 26 heavy (non-hydrogen) atoms. The van der Waals surface area contributed by atoms with E-state index in [0.29, 0.717) is 25.3 Å². The molecule has 1 aliphatic rings. The van der Waals surface area contributed by atoms with Gasteiger partial charge in [0.05, 0.1) is 9.75 Å². The second kappa shape index (κ2) is 8.62. The summed E-state index contributed by atoms with van der Waals surface area (Å²) in [5.74, 6) is -0.836. The number of thiophene rings is 2. The van der Waals surface area contributed by atoms with Crippen molar-refractivity contribution in [2.24, 2.45) is 5.16 Å². The summed E-state index contributed by atoms with van der Waals surface area (Å²) >= 11 is 3.33. The maximum absolute atomic E-state index is 11.1. The van der Waals surface area contributed by atoms with Gasteiger partial charge in [0.2, 0.25) is 0 Å². The molecule has 7 heteroatoms. The Hall–Kier alpha value is -1.96. The molecule has 0 unspecified atom stereocenters. The molecule has 0 fully saturated rings. The normalized spacial score (nSPS) is 14.8. The fraction of sp³-hybridized carbons (Fsp3) is 0.368. The number of hydrogen-bond acceptors (Lipinski definition) is 6. The van der Waals surface area contributed by atoms with Crippen molar-refractivity contribution in [1.82, 2.24) is 4.90 Å². The van der Waals surface area contributed by atoms with Gasteiger partial charge in [0.1, 0.15) is 12.3 Å². The molecule has 0 atom stereocenters. The summed E-state index contributed by atoms with van der Waals surface area (Å²) < 4.78 is 0. The lowest BCUT2D eigenvalue weighted by molar-refractivity contribution is -0.133. The molecule has 0 amide bonds. The highest BCUT2D eigenvalue weighted by atomic mass is 32.1. The third kappa shape index (κ3) is 4.41. The molecule has 0 saturated carbocycles. The number of carboxylic acids is 1. The van der Waals surface area contributed by atoms with E-state index in [-0.39, 0.29) is 0 Å². The van der Waals surface area contributed by atoms with Crippen molar-refractivity contribution in [3.63, 3.8) is 0 Å². The molecular weight excluding hydrogens is 368 g/mol. The number of aryl methyl sites for hydroxylation is 2. The molecule has 1 aliphatic heterocycles. The molecule has 2 aromatic heterocycles. The van der Waals surface area contributed by atoms with Crippen LogP contribution in [-0.4, -0.2) is 47.9 Å². The van der Waals surface area contributed by atoms with Gasteiger partial charge in [0.25, 0.3) is 0 Å². The second-order valence-electron chi connectivity index (χ2n) is 6.24. The lowest BCUT2D eigenvalue weighted by Crippen LogP contribution is -2.34. The molecule has 1 N–H and O–H groups in total. The van der Waals surface area contributed by atoms with Crippen LogP contribution in [0, 0.1) is 13.8 Å². The van der Waals surface area contributed by atoms with Gasteiger partial charge in [-0.25, -0.2) is 4.79 Å². The Labute approximate surface area is 161 Å². The fourth-order valence-corrected chi connectivity index (χ4v) is 4.74. The van der Waals surface area contributed by atoms with Crippen LogP contribution in [-0.2, 0) is 9.63 Å². The molecule has 5 nitrogen and oxygen atoms in total. The second-order valence-corrected chi connectivity index (χ2v) is 8.07. The van der Waals surface area contributed by atoms with Crippen LogP contribution in [0.5, 0.6) is 0 Å². The summed E-state index contributed by atoms with van der Waals surface area (Å²) in [4.78, 5) is 21.1. The van der Waals surface area contributed by atoms with Crippen LogP contribution in [0.25, 0.3) is 0 Å². The maximum Gasteiger partial charge on any atom is 0.332 e. The lowest BCUT2D eigenvalue weighted by atomic mass is 10.1. The van der Waals surface area contributed by atoms with Crippen LogP contribution in [0.1, 0.15) is 27.3 Å². The van der Waals surface area contributed by atoms with Crippen LogP contribution >= 0.6 is 22.7 Å². The Morgan fingerprint density at radius 3 is 2.42 bits per heavy atom. The van der Waals surface area contributed by atoms with Crippen molar-refractivity contribution < 1.29 is 14.7 Å². The van der Waals surface area contributed by atoms with E-state index in [9.17, 15) is 4.79 Å². The topological polar surface area (TPSA) is 62.1 Å². The van der Waals surface area contributed by atoms with Crippen molar-refractivity contribution >= 4 is 34.4 Å². The SMILES string of the molecule is Cc1ccsc1C(=NOCCN1CCC=C(C(=O)O)C1)c1sccc1C. The summed E-state index contributed by atoms with van der Waals surface area (Å²) in [6.45, 7) is 6.57. The molecule has 0 radical (unpaired) electrons. The van der Waals surface area contributed by atoms with Gasteiger partial charge < -0.3 is 9.94 Å². The predicted octanol–water partition coefficient (Wildman–Crippen LogP) is 3.91. The van der Waals surface area contributed by atoms with E-state index in [4.69, 9.17) is 9.94 Å². The number of oxime groups is 1. The molecule has 0 aliphatic carbocycles. The minimum absolute atomic E-state index is 0.436. The van der Waals surface area contributed by atoms with E-state index < -0.39 is 5.97 Å². The minimum atomic E-state index is -0.836. The highest BCUT2D eigenvalue weighted by molar-refractivity contribution is 7.16. The number of nitrogens with zero attached hydrogens (tertiary/aromatic N) is 2. The number of hydrogen-bond donors (Lipinski definition) is 1. The zero-order chi connectivity index (χ0) is 18.5. The van der Waals surface area contributed by atoms with Crippen LogP contribution in [0.3, 0.4) is 0 Å². The Bertz CT molecular complexity index is 793. The summed E-state index contributed by atoms with van der Waals surface area (Å²) in [6.07, 6.45) is 2.56. The standard InChI is InChI=1S/C19H22N2O3S2/c1-13-5-10-25-17(13)16(18-14(2)6-11-26-18)20-24-9-8-21-7-3-4-15(12-21)19(22)23/h4-6,10-11H,3,7-9,12H2,1-2H3,(H,22,23). The van der Waals surface area contributed by atoms with Gasteiger partial charge in [-0.05, 0) is 54.3 Å². The fourth-order valence-electron chi connectivity index (χ4n) is 2.85. The van der Waals surface area contributed by atoms with E-state index >= 15 is 0 Å². The minimum Gasteiger partial charge on any atom is -0.478 e. The van der Waals surface area contributed by atoms with E-state index in [2.05, 4.69) is 46.8 Å². The molecule has 0 aromatic carbocycles. The monoisotopic (exact) mass is 390 g/mol. The van der Waals surface area contributed by atoms with Crippen LogP contribution < -0.4 is 0 Å². The van der Waals surface area contributed by atoms with Gasteiger partial charge in [-0.1, -0.05) is 11.2 Å². The van der Waals surface area contributed by atoms with E-state index in [0.717, 1.165) is 28.4 Å².